The fourth-order valence-corrected chi connectivity index (χ4v) is 2.21. The molecule has 0 aromatic rings. The van der Waals surface area contributed by atoms with Crippen LogP contribution >= 0.6 is 0 Å². The first-order chi connectivity index (χ1) is 6.91. The molecule has 0 spiro atoms. The van der Waals surface area contributed by atoms with E-state index in [1.807, 2.05) is 0 Å². The fourth-order valence-electron chi connectivity index (χ4n) is 0.816. The molecule has 0 amide bonds. The van der Waals surface area contributed by atoms with E-state index in [1.54, 1.807) is 13.8 Å². The number of carbonyl (C=O) groups excluding carboxylic acids is 2. The van der Waals surface area contributed by atoms with Crippen LogP contribution in [-0.4, -0.2) is 35.3 Å². The Hall–Kier alpha value is -0.710. The summed E-state index contributed by atoms with van der Waals surface area (Å²) in [6.45, 7) is 6.34. The predicted molar refractivity (Wildman–Crippen MR) is 56.8 cm³/mol. The van der Waals surface area contributed by atoms with Gasteiger partial charge in [0.25, 0.3) is 0 Å². The van der Waals surface area contributed by atoms with E-state index in [4.69, 9.17) is 5.71 Å². The normalized spacial score (nSPS) is 12.0. The maximum absolute atomic E-state index is 10.7. The van der Waals surface area contributed by atoms with Crippen LogP contribution in [0.3, 0.4) is 0 Å². The van der Waals surface area contributed by atoms with Crippen LogP contribution in [0.15, 0.2) is 23.7 Å². The van der Waals surface area contributed by atoms with Crippen molar-refractivity contribution in [2.75, 3.05) is 0 Å². The molecular formula is C10H14InO4. The molecule has 5 heteroatoms. The SMILES string of the molecule is CC(=O)/C=C(/C)[O][In][O]/C(C)=C/C(C)=O. The Kier molecular flexibility index (Phi) is 7.21. The van der Waals surface area contributed by atoms with Crippen molar-refractivity contribution in [3.63, 3.8) is 0 Å². The molecule has 15 heavy (non-hydrogen) atoms. The molecule has 0 aliphatic rings. The zero-order chi connectivity index (χ0) is 11.8. The molecule has 0 aliphatic carbocycles. The van der Waals surface area contributed by atoms with E-state index in [2.05, 4.69) is 0 Å². The van der Waals surface area contributed by atoms with Crippen LogP contribution in [0.25, 0.3) is 0 Å². The van der Waals surface area contributed by atoms with Crippen LogP contribution in [-0.2, 0) is 15.3 Å². The van der Waals surface area contributed by atoms with Gasteiger partial charge >= 0.3 is 102 Å². The fraction of sp³-hybridized carbons (Fsp3) is 0.400. The average Bonchev–Trinajstić information content (AvgIpc) is 2.00. The van der Waals surface area contributed by atoms with Crippen molar-refractivity contribution in [1.29, 1.82) is 0 Å². The summed E-state index contributed by atoms with van der Waals surface area (Å²) in [7, 11) is 0. The molecule has 0 rings (SSSR count). The summed E-state index contributed by atoms with van der Waals surface area (Å²) in [5.41, 5.74) is 0. The summed E-state index contributed by atoms with van der Waals surface area (Å²) < 4.78 is 10.5. The maximum atomic E-state index is 10.7. The van der Waals surface area contributed by atoms with Gasteiger partial charge in [0.1, 0.15) is 0 Å². The molecule has 81 valence electrons. The zero-order valence-electron chi connectivity index (χ0n) is 9.37. The van der Waals surface area contributed by atoms with Crippen molar-refractivity contribution < 1.29 is 15.3 Å². The van der Waals surface area contributed by atoms with E-state index in [0.29, 0.717) is 11.5 Å². The number of carbonyl (C=O) groups is 2. The summed E-state index contributed by atoms with van der Waals surface area (Å²) in [6.07, 6.45) is 2.83. The molecule has 0 saturated heterocycles. The van der Waals surface area contributed by atoms with E-state index in [0.717, 1.165) is 0 Å². The van der Waals surface area contributed by atoms with Gasteiger partial charge in [-0.05, 0) is 0 Å². The number of hydrogen-bond acceptors (Lipinski definition) is 4. The number of rotatable bonds is 6. The molecule has 0 bridgehead atoms. The Bertz CT molecular complexity index is 275. The van der Waals surface area contributed by atoms with Crippen LogP contribution in [0.5, 0.6) is 0 Å². The van der Waals surface area contributed by atoms with E-state index >= 15 is 0 Å². The Balaban J connectivity index is 3.90. The van der Waals surface area contributed by atoms with Crippen molar-refractivity contribution in [2.24, 2.45) is 0 Å². The van der Waals surface area contributed by atoms with Gasteiger partial charge in [0.05, 0.1) is 0 Å². The van der Waals surface area contributed by atoms with Crippen molar-refractivity contribution in [2.45, 2.75) is 27.7 Å². The van der Waals surface area contributed by atoms with Crippen LogP contribution in [0.1, 0.15) is 27.7 Å². The Morgan fingerprint density at radius 2 is 1.20 bits per heavy atom. The summed E-state index contributed by atoms with van der Waals surface area (Å²) >= 11 is -1.65. The van der Waals surface area contributed by atoms with Crippen LogP contribution in [0, 0.1) is 0 Å². The molecule has 0 aromatic carbocycles. The Morgan fingerprint density at radius 1 is 0.867 bits per heavy atom. The number of ketones is 2. The zero-order valence-corrected chi connectivity index (χ0v) is 12.7. The molecule has 0 aliphatic heterocycles. The van der Waals surface area contributed by atoms with Gasteiger partial charge in [-0.15, -0.1) is 0 Å². The van der Waals surface area contributed by atoms with E-state index in [-0.39, 0.29) is 11.6 Å². The molecule has 0 saturated carbocycles. The topological polar surface area (TPSA) is 52.6 Å². The van der Waals surface area contributed by atoms with Crippen molar-refractivity contribution in [3.05, 3.63) is 23.7 Å². The molecule has 0 unspecified atom stereocenters. The quantitative estimate of drug-likeness (QED) is 0.551. The molecular weight excluding hydrogens is 299 g/mol. The first-order valence-corrected chi connectivity index (χ1v) is 7.13. The Morgan fingerprint density at radius 3 is 1.47 bits per heavy atom. The van der Waals surface area contributed by atoms with Gasteiger partial charge in [0.2, 0.25) is 0 Å². The van der Waals surface area contributed by atoms with Gasteiger partial charge in [-0.25, -0.2) is 0 Å². The molecule has 0 aromatic heterocycles. The third-order valence-electron chi connectivity index (χ3n) is 1.28. The van der Waals surface area contributed by atoms with Gasteiger partial charge in [-0.2, -0.15) is 0 Å². The summed E-state index contributed by atoms with van der Waals surface area (Å²) in [5.74, 6) is 1.04. The van der Waals surface area contributed by atoms with Gasteiger partial charge < -0.3 is 0 Å². The minimum absolute atomic E-state index is 0.0497. The predicted octanol–water partition coefficient (Wildman–Crippen LogP) is 1.54. The van der Waals surface area contributed by atoms with Crippen molar-refractivity contribution in [1.82, 2.24) is 0 Å². The van der Waals surface area contributed by atoms with Crippen LogP contribution in [0.4, 0.5) is 0 Å². The first-order valence-electron chi connectivity index (χ1n) is 4.44. The second kappa shape index (κ2) is 7.56. The molecule has 0 fully saturated rings. The number of hydrogen-bond donors (Lipinski definition) is 0. The van der Waals surface area contributed by atoms with Crippen molar-refractivity contribution in [3.8, 4) is 0 Å². The molecule has 0 atom stereocenters. The summed E-state index contributed by atoms with van der Waals surface area (Å²) in [5, 5.41) is 0. The summed E-state index contributed by atoms with van der Waals surface area (Å²) in [6, 6.07) is 0. The second-order valence-electron chi connectivity index (χ2n) is 3.06. The van der Waals surface area contributed by atoms with Crippen LogP contribution < -0.4 is 0 Å². The molecule has 0 N–H and O–H groups in total. The monoisotopic (exact) mass is 313 g/mol. The van der Waals surface area contributed by atoms with E-state index in [9.17, 15) is 9.59 Å². The molecule has 0 heterocycles. The van der Waals surface area contributed by atoms with Gasteiger partial charge in [0, 0.05) is 0 Å². The van der Waals surface area contributed by atoms with Gasteiger partial charge in [-0.1, -0.05) is 0 Å². The molecule has 4 nitrogen and oxygen atoms in total. The third-order valence-corrected chi connectivity index (χ3v) is 3.95. The van der Waals surface area contributed by atoms with E-state index < -0.39 is 23.8 Å². The summed E-state index contributed by atoms with van der Waals surface area (Å²) in [4.78, 5) is 21.3. The number of allylic oxidation sites excluding steroid dienone is 4. The average molecular weight is 313 g/mol. The first kappa shape index (κ1) is 14.3. The minimum atomic E-state index is -1.65. The van der Waals surface area contributed by atoms with Gasteiger partial charge in [0.15, 0.2) is 0 Å². The van der Waals surface area contributed by atoms with Crippen molar-refractivity contribution >= 4 is 35.3 Å². The standard InChI is InChI=1S/2C5H8O2.In/c2*1-4(6)3-5(2)7;/h2*3,6H,1-2H3;/q;;+2/p-2/b4-3+;4-3-;. The second-order valence-corrected chi connectivity index (χ2v) is 4.96. The van der Waals surface area contributed by atoms with Gasteiger partial charge in [-0.3, -0.25) is 0 Å². The van der Waals surface area contributed by atoms with Crippen LogP contribution in [0.2, 0.25) is 0 Å². The Labute approximate surface area is 102 Å². The third kappa shape index (κ3) is 9.59. The molecule has 1 radical (unpaired) electrons. The van der Waals surface area contributed by atoms with E-state index in [1.165, 1.54) is 26.0 Å².